The summed E-state index contributed by atoms with van der Waals surface area (Å²) in [7, 11) is 0. The summed E-state index contributed by atoms with van der Waals surface area (Å²) in [5.41, 5.74) is 4.07. The van der Waals surface area contributed by atoms with Crippen LogP contribution in [0.3, 0.4) is 0 Å². The van der Waals surface area contributed by atoms with E-state index in [0.717, 1.165) is 34.1 Å². The first-order chi connectivity index (χ1) is 13.0. The van der Waals surface area contributed by atoms with Gasteiger partial charge in [-0.1, -0.05) is 49.3 Å². The quantitative estimate of drug-likeness (QED) is 0.709. The topological polar surface area (TPSA) is 72.1 Å². The summed E-state index contributed by atoms with van der Waals surface area (Å²) < 4.78 is 5.53. The van der Waals surface area contributed by atoms with E-state index in [1.54, 1.807) is 6.20 Å². The van der Waals surface area contributed by atoms with E-state index in [-0.39, 0.29) is 11.8 Å². The highest BCUT2D eigenvalue weighted by Gasteiger charge is 2.29. The van der Waals surface area contributed by atoms with Crippen molar-refractivity contribution in [3.05, 3.63) is 64.9 Å². The van der Waals surface area contributed by atoms with Crippen LogP contribution in [0.1, 0.15) is 53.0 Å². The molecular weight excluding hydrogens is 340 g/mol. The van der Waals surface area contributed by atoms with Crippen LogP contribution in [0.2, 0.25) is 0 Å². The van der Waals surface area contributed by atoms with Gasteiger partial charge in [-0.3, -0.25) is 4.79 Å². The number of hydrogen-bond acceptors (Lipinski definition) is 5. The van der Waals surface area contributed by atoms with Gasteiger partial charge in [0.15, 0.2) is 0 Å². The van der Waals surface area contributed by atoms with Gasteiger partial charge in [0.25, 0.3) is 5.91 Å². The third-order valence-corrected chi connectivity index (χ3v) is 4.91. The van der Waals surface area contributed by atoms with Gasteiger partial charge in [-0.2, -0.15) is 0 Å². The van der Waals surface area contributed by atoms with E-state index in [4.69, 9.17) is 4.52 Å². The van der Waals surface area contributed by atoms with Gasteiger partial charge in [0.2, 0.25) is 0 Å². The van der Waals surface area contributed by atoms with Gasteiger partial charge in [0.05, 0.1) is 17.8 Å². The lowest BCUT2D eigenvalue weighted by atomic mass is 10.0. The van der Waals surface area contributed by atoms with E-state index in [1.807, 2.05) is 56.0 Å². The molecule has 1 amide bonds. The van der Waals surface area contributed by atoms with E-state index in [2.05, 4.69) is 15.1 Å². The Morgan fingerprint density at radius 1 is 1.22 bits per heavy atom. The minimum Gasteiger partial charge on any atom is -0.360 e. The number of aryl methyl sites for hydroxylation is 1. The van der Waals surface area contributed by atoms with E-state index in [1.165, 1.54) is 0 Å². The van der Waals surface area contributed by atoms with Gasteiger partial charge in [-0.15, -0.1) is 0 Å². The number of carbonyl (C=O) groups is 1. The molecule has 0 saturated carbocycles. The normalized spacial score (nSPS) is 13.7. The molecule has 3 aromatic rings. The fourth-order valence-corrected chi connectivity index (χ4v) is 3.35. The molecule has 0 saturated heterocycles. The Bertz CT molecular complexity index is 979. The molecule has 4 rings (SSSR count). The number of hydrogen-bond donors (Lipinski definition) is 0. The second-order valence-electron chi connectivity index (χ2n) is 7.16. The molecule has 0 unspecified atom stereocenters. The lowest BCUT2D eigenvalue weighted by Gasteiger charge is -2.26. The summed E-state index contributed by atoms with van der Waals surface area (Å²) >= 11 is 0. The fourth-order valence-electron chi connectivity index (χ4n) is 3.35. The van der Waals surface area contributed by atoms with Crippen molar-refractivity contribution >= 4 is 5.91 Å². The number of carbonyl (C=O) groups excluding carboxylic acids is 1. The van der Waals surface area contributed by atoms with Gasteiger partial charge in [0, 0.05) is 36.2 Å². The Labute approximate surface area is 158 Å². The highest BCUT2D eigenvalue weighted by atomic mass is 16.5. The Balaban J connectivity index is 1.61. The first-order valence-electron chi connectivity index (χ1n) is 9.20. The molecule has 0 aliphatic carbocycles. The standard InChI is InChI=1S/C21H22N4O2/c1-13(2)20-22-11-16(14(3)23-20)21(26)25-10-9-18-17(12-25)19(24-27-18)15-7-5-4-6-8-15/h4-8,11,13H,9-10,12H2,1-3H3. The predicted molar refractivity (Wildman–Crippen MR) is 101 cm³/mol. The van der Waals surface area contributed by atoms with Crippen LogP contribution in [0, 0.1) is 6.92 Å². The molecule has 2 aromatic heterocycles. The molecule has 0 fully saturated rings. The van der Waals surface area contributed by atoms with Gasteiger partial charge in [-0.05, 0) is 6.92 Å². The monoisotopic (exact) mass is 362 g/mol. The van der Waals surface area contributed by atoms with Crippen LogP contribution in [0.25, 0.3) is 11.3 Å². The molecule has 6 heteroatoms. The second-order valence-corrected chi connectivity index (χ2v) is 7.16. The van der Waals surface area contributed by atoms with Gasteiger partial charge in [0.1, 0.15) is 17.3 Å². The SMILES string of the molecule is Cc1nc(C(C)C)ncc1C(=O)N1CCc2onc(-c3ccccc3)c2C1. The average Bonchev–Trinajstić information content (AvgIpc) is 3.11. The number of benzene rings is 1. The molecule has 1 aromatic carbocycles. The van der Waals surface area contributed by atoms with Crippen molar-refractivity contribution < 1.29 is 9.32 Å². The lowest BCUT2D eigenvalue weighted by molar-refractivity contribution is 0.0727. The summed E-state index contributed by atoms with van der Waals surface area (Å²) in [5, 5.41) is 4.25. The Morgan fingerprint density at radius 2 is 2.00 bits per heavy atom. The molecule has 0 bridgehead atoms. The molecule has 1 aliphatic heterocycles. The molecule has 0 radical (unpaired) electrons. The van der Waals surface area contributed by atoms with E-state index >= 15 is 0 Å². The summed E-state index contributed by atoms with van der Waals surface area (Å²) in [5.74, 6) is 1.81. The highest BCUT2D eigenvalue weighted by Crippen LogP contribution is 2.30. The van der Waals surface area contributed by atoms with Crippen molar-refractivity contribution in [1.29, 1.82) is 0 Å². The molecular formula is C21H22N4O2. The smallest absolute Gasteiger partial charge is 0.257 e. The van der Waals surface area contributed by atoms with E-state index in [9.17, 15) is 4.79 Å². The highest BCUT2D eigenvalue weighted by molar-refractivity contribution is 5.95. The number of rotatable bonds is 3. The van der Waals surface area contributed by atoms with E-state index < -0.39 is 0 Å². The summed E-state index contributed by atoms with van der Waals surface area (Å²) in [4.78, 5) is 23.8. The molecule has 3 heterocycles. The van der Waals surface area contributed by atoms with Crippen molar-refractivity contribution in [2.75, 3.05) is 6.54 Å². The lowest BCUT2D eigenvalue weighted by Crippen LogP contribution is -2.36. The first kappa shape index (κ1) is 17.4. The van der Waals surface area contributed by atoms with Crippen LogP contribution in [0.5, 0.6) is 0 Å². The van der Waals surface area contributed by atoms with Crippen molar-refractivity contribution in [2.24, 2.45) is 0 Å². The van der Waals surface area contributed by atoms with Crippen LogP contribution in [0.4, 0.5) is 0 Å². The zero-order valence-electron chi connectivity index (χ0n) is 15.8. The molecule has 6 nitrogen and oxygen atoms in total. The van der Waals surface area contributed by atoms with Gasteiger partial charge >= 0.3 is 0 Å². The molecule has 0 spiro atoms. The third kappa shape index (κ3) is 3.23. The molecule has 0 N–H and O–H groups in total. The van der Waals surface area contributed by atoms with E-state index in [0.29, 0.717) is 25.1 Å². The summed E-state index contributed by atoms with van der Waals surface area (Å²) in [6.45, 7) is 7.03. The molecule has 0 atom stereocenters. The van der Waals surface area contributed by atoms with Gasteiger partial charge < -0.3 is 9.42 Å². The predicted octanol–water partition coefficient (Wildman–Crippen LogP) is 3.76. The van der Waals surface area contributed by atoms with Crippen LogP contribution in [-0.2, 0) is 13.0 Å². The average molecular weight is 362 g/mol. The Hall–Kier alpha value is -3.02. The number of nitrogens with zero attached hydrogens (tertiary/aromatic N) is 4. The fraction of sp³-hybridized carbons (Fsp3) is 0.333. The maximum Gasteiger partial charge on any atom is 0.257 e. The minimum atomic E-state index is -0.0475. The van der Waals surface area contributed by atoms with Crippen molar-refractivity contribution in [3.63, 3.8) is 0 Å². The first-order valence-corrected chi connectivity index (χ1v) is 9.20. The maximum absolute atomic E-state index is 13.1. The summed E-state index contributed by atoms with van der Waals surface area (Å²) in [6.07, 6.45) is 2.31. The minimum absolute atomic E-state index is 0.0475. The largest absolute Gasteiger partial charge is 0.360 e. The van der Waals surface area contributed by atoms with Crippen molar-refractivity contribution in [3.8, 4) is 11.3 Å². The van der Waals surface area contributed by atoms with Gasteiger partial charge in [-0.25, -0.2) is 9.97 Å². The van der Waals surface area contributed by atoms with Crippen LogP contribution in [0.15, 0.2) is 41.1 Å². The van der Waals surface area contributed by atoms with Crippen molar-refractivity contribution in [1.82, 2.24) is 20.0 Å². The zero-order valence-corrected chi connectivity index (χ0v) is 15.8. The van der Waals surface area contributed by atoms with Crippen LogP contribution < -0.4 is 0 Å². The summed E-state index contributed by atoms with van der Waals surface area (Å²) in [6, 6.07) is 9.91. The van der Waals surface area contributed by atoms with Crippen LogP contribution in [-0.4, -0.2) is 32.5 Å². The zero-order chi connectivity index (χ0) is 19.0. The van der Waals surface area contributed by atoms with Crippen LogP contribution >= 0.6 is 0 Å². The molecule has 27 heavy (non-hydrogen) atoms. The number of aromatic nitrogens is 3. The second kappa shape index (κ2) is 6.95. The Morgan fingerprint density at radius 3 is 2.70 bits per heavy atom. The number of fused-ring (bicyclic) bond motifs is 1. The van der Waals surface area contributed by atoms with Crippen molar-refractivity contribution in [2.45, 2.75) is 39.7 Å². The third-order valence-electron chi connectivity index (χ3n) is 4.91. The molecule has 1 aliphatic rings. The maximum atomic E-state index is 13.1. The number of amides is 1. The molecule has 138 valence electrons. The Kier molecular flexibility index (Phi) is 4.48.